The second kappa shape index (κ2) is 9.48. The highest BCUT2D eigenvalue weighted by Gasteiger charge is 2.14. The molecule has 0 aliphatic heterocycles. The molecule has 0 aliphatic rings. The number of benzene rings is 2. The van der Waals surface area contributed by atoms with Crippen molar-refractivity contribution < 1.29 is 22.7 Å². The van der Waals surface area contributed by atoms with Crippen LogP contribution in [0.25, 0.3) is 0 Å². The van der Waals surface area contributed by atoms with Crippen LogP contribution < -0.4 is 19.5 Å². The van der Waals surface area contributed by atoms with E-state index < -0.39 is 10.0 Å². The summed E-state index contributed by atoms with van der Waals surface area (Å²) in [6.45, 7) is 3.78. The zero-order valence-electron chi connectivity index (χ0n) is 17.3. The number of nitrogens with one attached hydrogen (secondary N) is 2. The largest absolute Gasteiger partial charge is 0.497 e. The quantitative estimate of drug-likeness (QED) is 0.550. The Hall–Kier alpha value is -3.59. The average Bonchev–Trinajstić information content (AvgIpc) is 2.75. The molecule has 31 heavy (non-hydrogen) atoms. The molecule has 3 rings (SSSR count). The molecule has 0 aliphatic carbocycles. The Labute approximate surface area is 181 Å². The van der Waals surface area contributed by atoms with Gasteiger partial charge in [-0.15, -0.1) is 0 Å². The van der Waals surface area contributed by atoms with Crippen molar-refractivity contribution in [1.29, 1.82) is 0 Å². The molecule has 8 nitrogen and oxygen atoms in total. The van der Waals surface area contributed by atoms with Gasteiger partial charge in [-0.25, -0.2) is 13.4 Å². The van der Waals surface area contributed by atoms with Gasteiger partial charge in [0.05, 0.1) is 23.9 Å². The summed E-state index contributed by atoms with van der Waals surface area (Å²) in [6, 6.07) is 15.8. The number of hydrogen-bond acceptors (Lipinski definition) is 6. The molecule has 2 N–H and O–H groups in total. The summed E-state index contributed by atoms with van der Waals surface area (Å²) in [5.41, 5.74) is 0.821. The number of nitrogens with zero attached hydrogens (tertiary/aromatic N) is 1. The second-order valence-corrected chi connectivity index (χ2v) is 8.60. The van der Waals surface area contributed by atoms with Crippen LogP contribution in [0.3, 0.4) is 0 Å². The zero-order chi connectivity index (χ0) is 22.4. The first-order valence-electron chi connectivity index (χ1n) is 9.48. The van der Waals surface area contributed by atoms with Crippen LogP contribution in [0.4, 0.5) is 5.69 Å². The zero-order valence-corrected chi connectivity index (χ0v) is 18.1. The molecule has 9 heteroatoms. The molecule has 2 aromatic carbocycles. The molecule has 0 bridgehead atoms. The topological polar surface area (TPSA) is 107 Å². The van der Waals surface area contributed by atoms with Crippen molar-refractivity contribution in [2.24, 2.45) is 0 Å². The SMILES string of the molecule is COc1ccc(S(=O)(=O)Nc2ccc(Oc3ccc(C(=O)NC(C)C)cc3)nc2)cc1. The first-order valence-corrected chi connectivity index (χ1v) is 11.0. The van der Waals surface area contributed by atoms with Gasteiger partial charge < -0.3 is 14.8 Å². The van der Waals surface area contributed by atoms with Crippen molar-refractivity contribution >= 4 is 21.6 Å². The fourth-order valence-electron chi connectivity index (χ4n) is 2.61. The van der Waals surface area contributed by atoms with Gasteiger partial charge in [-0.3, -0.25) is 9.52 Å². The summed E-state index contributed by atoms with van der Waals surface area (Å²) in [6.07, 6.45) is 1.36. The molecule has 3 aromatic rings. The van der Waals surface area contributed by atoms with E-state index in [1.54, 1.807) is 48.5 Å². The number of rotatable bonds is 8. The molecule has 0 unspecified atom stereocenters. The Bertz CT molecular complexity index is 1130. The van der Waals surface area contributed by atoms with Gasteiger partial charge in [0.15, 0.2) is 0 Å². The lowest BCUT2D eigenvalue weighted by molar-refractivity contribution is 0.0943. The summed E-state index contributed by atoms with van der Waals surface area (Å²) < 4.78 is 38.1. The van der Waals surface area contributed by atoms with E-state index in [1.807, 2.05) is 13.8 Å². The predicted molar refractivity (Wildman–Crippen MR) is 117 cm³/mol. The summed E-state index contributed by atoms with van der Waals surface area (Å²) >= 11 is 0. The average molecular weight is 442 g/mol. The molecule has 1 amide bonds. The van der Waals surface area contributed by atoms with E-state index in [0.29, 0.717) is 22.7 Å². The van der Waals surface area contributed by atoms with Crippen molar-refractivity contribution in [1.82, 2.24) is 10.3 Å². The maximum Gasteiger partial charge on any atom is 0.261 e. The Balaban J connectivity index is 1.64. The van der Waals surface area contributed by atoms with Gasteiger partial charge in [0, 0.05) is 17.7 Å². The van der Waals surface area contributed by atoms with E-state index in [4.69, 9.17) is 9.47 Å². The normalized spacial score (nSPS) is 11.1. The molecule has 1 heterocycles. The van der Waals surface area contributed by atoms with Crippen molar-refractivity contribution in [2.75, 3.05) is 11.8 Å². The minimum absolute atomic E-state index is 0.0493. The van der Waals surface area contributed by atoms with Crippen LogP contribution in [-0.2, 0) is 10.0 Å². The second-order valence-electron chi connectivity index (χ2n) is 6.92. The molecule has 1 aromatic heterocycles. The van der Waals surface area contributed by atoms with Crippen molar-refractivity contribution in [3.63, 3.8) is 0 Å². The van der Waals surface area contributed by atoms with Gasteiger partial charge in [0.25, 0.3) is 15.9 Å². The lowest BCUT2D eigenvalue weighted by atomic mass is 10.2. The van der Waals surface area contributed by atoms with Crippen LogP contribution in [0.15, 0.2) is 71.8 Å². The lowest BCUT2D eigenvalue weighted by Gasteiger charge is -2.10. The molecule has 0 fully saturated rings. The van der Waals surface area contributed by atoms with Crippen LogP contribution in [0.1, 0.15) is 24.2 Å². The minimum atomic E-state index is -3.76. The maximum absolute atomic E-state index is 12.5. The van der Waals surface area contributed by atoms with Crippen molar-refractivity contribution in [3.8, 4) is 17.4 Å². The molecular weight excluding hydrogens is 418 g/mol. The van der Waals surface area contributed by atoms with Crippen LogP contribution in [0.2, 0.25) is 0 Å². The minimum Gasteiger partial charge on any atom is -0.497 e. The van der Waals surface area contributed by atoms with E-state index in [9.17, 15) is 13.2 Å². The lowest BCUT2D eigenvalue weighted by Crippen LogP contribution is -2.29. The number of hydrogen-bond donors (Lipinski definition) is 2. The predicted octanol–water partition coefficient (Wildman–Crippen LogP) is 3.82. The van der Waals surface area contributed by atoms with Crippen LogP contribution >= 0.6 is 0 Å². The highest BCUT2D eigenvalue weighted by Crippen LogP contribution is 2.23. The van der Waals surface area contributed by atoms with Gasteiger partial charge in [0.2, 0.25) is 5.88 Å². The highest BCUT2D eigenvalue weighted by molar-refractivity contribution is 7.92. The van der Waals surface area contributed by atoms with Gasteiger partial charge in [-0.05, 0) is 68.4 Å². The summed E-state index contributed by atoms with van der Waals surface area (Å²) in [7, 11) is -2.25. The number of methoxy groups -OCH3 is 1. The third kappa shape index (κ3) is 5.95. The maximum atomic E-state index is 12.5. The smallest absolute Gasteiger partial charge is 0.261 e. The molecule has 0 saturated carbocycles. The number of pyridine rings is 1. The number of aromatic nitrogens is 1. The summed E-state index contributed by atoms with van der Waals surface area (Å²) in [4.78, 5) is 16.2. The van der Waals surface area contributed by atoms with Crippen LogP contribution in [0.5, 0.6) is 17.4 Å². The Kier molecular flexibility index (Phi) is 6.76. The fraction of sp³-hybridized carbons (Fsp3) is 0.182. The van der Waals surface area contributed by atoms with Gasteiger partial charge in [0.1, 0.15) is 11.5 Å². The van der Waals surface area contributed by atoms with Gasteiger partial charge >= 0.3 is 0 Å². The Morgan fingerprint density at radius 3 is 2.13 bits per heavy atom. The molecular formula is C22H23N3O5S. The van der Waals surface area contributed by atoms with Crippen LogP contribution in [-0.4, -0.2) is 32.5 Å². The van der Waals surface area contributed by atoms with Crippen molar-refractivity contribution in [3.05, 3.63) is 72.4 Å². The monoisotopic (exact) mass is 441 g/mol. The number of carbonyl (C=O) groups excluding carboxylic acids is 1. The van der Waals surface area contributed by atoms with Gasteiger partial charge in [-0.2, -0.15) is 0 Å². The molecule has 0 spiro atoms. The first-order chi connectivity index (χ1) is 14.8. The van der Waals surface area contributed by atoms with E-state index in [2.05, 4.69) is 15.0 Å². The van der Waals surface area contributed by atoms with E-state index >= 15 is 0 Å². The highest BCUT2D eigenvalue weighted by atomic mass is 32.2. The van der Waals surface area contributed by atoms with Crippen LogP contribution in [0, 0.1) is 0 Å². The molecule has 0 radical (unpaired) electrons. The standard InChI is InChI=1S/C22H23N3O5S/c1-15(2)24-22(26)16-4-7-19(8-5-16)30-21-13-6-17(14-23-21)25-31(27,28)20-11-9-18(29-3)10-12-20/h4-15,25H,1-3H3,(H,24,26). The first kappa shape index (κ1) is 22.1. The fourth-order valence-corrected chi connectivity index (χ4v) is 3.65. The molecule has 0 atom stereocenters. The Morgan fingerprint density at radius 1 is 0.935 bits per heavy atom. The number of sulfonamides is 1. The summed E-state index contributed by atoms with van der Waals surface area (Å²) in [5.74, 6) is 1.19. The van der Waals surface area contributed by atoms with Crippen molar-refractivity contribution in [2.45, 2.75) is 24.8 Å². The Morgan fingerprint density at radius 2 is 1.58 bits per heavy atom. The molecule has 0 saturated heterocycles. The van der Waals surface area contributed by atoms with E-state index in [1.165, 1.54) is 25.4 Å². The third-order valence-corrected chi connectivity index (χ3v) is 5.51. The number of ether oxygens (including phenoxy) is 2. The van der Waals surface area contributed by atoms with E-state index in [-0.39, 0.29) is 22.7 Å². The number of carbonyl (C=O) groups is 1. The molecule has 162 valence electrons. The number of amides is 1. The summed E-state index contributed by atoms with van der Waals surface area (Å²) in [5, 5.41) is 2.82. The number of anilines is 1. The van der Waals surface area contributed by atoms with E-state index in [0.717, 1.165) is 0 Å². The van der Waals surface area contributed by atoms with Gasteiger partial charge in [-0.1, -0.05) is 0 Å². The third-order valence-electron chi connectivity index (χ3n) is 4.12.